The summed E-state index contributed by atoms with van der Waals surface area (Å²) in [5.74, 6) is 0.282. The molecule has 2 rings (SSSR count). The van der Waals surface area contributed by atoms with E-state index >= 15 is 0 Å². The van der Waals surface area contributed by atoms with Crippen molar-refractivity contribution in [3.63, 3.8) is 0 Å². The first kappa shape index (κ1) is 11.9. The summed E-state index contributed by atoms with van der Waals surface area (Å²) < 4.78 is 5.49. The summed E-state index contributed by atoms with van der Waals surface area (Å²) in [4.78, 5) is 18.1. The van der Waals surface area contributed by atoms with Crippen LogP contribution in [0.5, 0.6) is 0 Å². The molecule has 2 atom stereocenters. The van der Waals surface area contributed by atoms with Crippen LogP contribution < -0.4 is 5.73 Å². The van der Waals surface area contributed by atoms with Crippen LogP contribution in [-0.4, -0.2) is 41.1 Å². The van der Waals surface area contributed by atoms with Gasteiger partial charge < -0.3 is 15.4 Å². The summed E-state index contributed by atoms with van der Waals surface area (Å²) in [6.45, 7) is 5.08. The molecule has 0 spiro atoms. The topological polar surface area (TPSA) is 68.5 Å². The molecule has 1 aromatic heterocycles. The van der Waals surface area contributed by atoms with E-state index in [-0.39, 0.29) is 18.1 Å². The summed E-state index contributed by atoms with van der Waals surface area (Å²) in [5, 5.41) is 0. The molecule has 1 aliphatic rings. The lowest BCUT2D eigenvalue weighted by atomic mass is 10.2. The lowest BCUT2D eigenvalue weighted by Gasteiger charge is -2.36. The molecule has 2 N–H and O–H groups in total. The van der Waals surface area contributed by atoms with Gasteiger partial charge in [0.25, 0.3) is 5.91 Å². The van der Waals surface area contributed by atoms with Crippen LogP contribution in [0.15, 0.2) is 18.2 Å². The minimum Gasteiger partial charge on any atom is -0.384 e. The summed E-state index contributed by atoms with van der Waals surface area (Å²) >= 11 is 0. The van der Waals surface area contributed by atoms with Crippen molar-refractivity contribution >= 4 is 11.7 Å². The zero-order chi connectivity index (χ0) is 12.4. The van der Waals surface area contributed by atoms with Crippen molar-refractivity contribution in [3.05, 3.63) is 23.9 Å². The van der Waals surface area contributed by atoms with Crippen molar-refractivity contribution in [3.8, 4) is 0 Å². The molecule has 0 aliphatic carbocycles. The van der Waals surface area contributed by atoms with Gasteiger partial charge in [-0.2, -0.15) is 0 Å². The maximum absolute atomic E-state index is 12.3. The maximum Gasteiger partial charge on any atom is 0.272 e. The van der Waals surface area contributed by atoms with E-state index in [2.05, 4.69) is 4.98 Å². The minimum atomic E-state index is -0.0834. The van der Waals surface area contributed by atoms with Crippen LogP contribution in [-0.2, 0) is 4.74 Å². The van der Waals surface area contributed by atoms with Crippen LogP contribution >= 0.6 is 0 Å². The van der Waals surface area contributed by atoms with Gasteiger partial charge in [-0.05, 0) is 26.0 Å². The highest BCUT2D eigenvalue weighted by Gasteiger charge is 2.28. The Hall–Kier alpha value is -1.62. The first-order chi connectivity index (χ1) is 8.08. The van der Waals surface area contributed by atoms with Gasteiger partial charge in [-0.3, -0.25) is 4.79 Å². The average molecular weight is 235 g/mol. The summed E-state index contributed by atoms with van der Waals surface area (Å²) in [5.41, 5.74) is 5.98. The summed E-state index contributed by atoms with van der Waals surface area (Å²) in [7, 11) is 0. The predicted octanol–water partition coefficient (Wildman–Crippen LogP) is 0.913. The van der Waals surface area contributed by atoms with E-state index < -0.39 is 0 Å². The number of aromatic nitrogens is 1. The number of nitrogens with zero attached hydrogens (tertiary/aromatic N) is 2. The van der Waals surface area contributed by atoms with E-state index in [0.717, 1.165) is 0 Å². The average Bonchev–Trinajstić information content (AvgIpc) is 2.31. The van der Waals surface area contributed by atoms with Crippen molar-refractivity contribution in [1.29, 1.82) is 0 Å². The third-order valence-corrected chi connectivity index (χ3v) is 2.86. The van der Waals surface area contributed by atoms with E-state index in [1.54, 1.807) is 23.1 Å². The van der Waals surface area contributed by atoms with Gasteiger partial charge in [0, 0.05) is 6.54 Å². The fourth-order valence-electron chi connectivity index (χ4n) is 1.90. The quantitative estimate of drug-likeness (QED) is 0.785. The number of hydrogen-bond donors (Lipinski definition) is 1. The Kier molecular flexibility index (Phi) is 3.28. The number of pyridine rings is 1. The van der Waals surface area contributed by atoms with Gasteiger partial charge in [-0.1, -0.05) is 6.07 Å². The van der Waals surface area contributed by atoms with E-state index in [4.69, 9.17) is 10.5 Å². The minimum absolute atomic E-state index is 0.0659. The monoisotopic (exact) mass is 235 g/mol. The number of carbonyl (C=O) groups is 1. The van der Waals surface area contributed by atoms with Crippen LogP contribution in [0.2, 0.25) is 0 Å². The smallest absolute Gasteiger partial charge is 0.272 e. The van der Waals surface area contributed by atoms with Crippen LogP contribution in [0.25, 0.3) is 0 Å². The van der Waals surface area contributed by atoms with Crippen molar-refractivity contribution in [2.75, 3.05) is 18.9 Å². The Balaban J connectivity index is 2.18. The van der Waals surface area contributed by atoms with Crippen LogP contribution in [0.1, 0.15) is 24.3 Å². The molecule has 1 aliphatic heterocycles. The van der Waals surface area contributed by atoms with Crippen LogP contribution in [0.3, 0.4) is 0 Å². The highest BCUT2D eigenvalue weighted by atomic mass is 16.5. The lowest BCUT2D eigenvalue weighted by Crippen LogP contribution is -2.50. The molecule has 1 amide bonds. The van der Waals surface area contributed by atoms with Gasteiger partial charge in [0.2, 0.25) is 0 Å². The number of nitrogen functional groups attached to an aromatic ring is 1. The molecule has 1 aromatic rings. The molecule has 5 heteroatoms. The zero-order valence-corrected chi connectivity index (χ0v) is 10.1. The molecule has 1 fully saturated rings. The van der Waals surface area contributed by atoms with Gasteiger partial charge in [0.05, 0.1) is 18.8 Å². The van der Waals surface area contributed by atoms with Crippen molar-refractivity contribution in [2.45, 2.75) is 26.0 Å². The Morgan fingerprint density at radius 3 is 3.00 bits per heavy atom. The third kappa shape index (κ3) is 2.55. The normalized spacial score (nSPS) is 24.7. The zero-order valence-electron chi connectivity index (χ0n) is 10.1. The van der Waals surface area contributed by atoms with Gasteiger partial charge in [0.1, 0.15) is 11.5 Å². The van der Waals surface area contributed by atoms with Crippen LogP contribution in [0.4, 0.5) is 5.82 Å². The highest BCUT2D eigenvalue weighted by molar-refractivity contribution is 5.92. The number of hydrogen-bond acceptors (Lipinski definition) is 4. The number of rotatable bonds is 1. The first-order valence-corrected chi connectivity index (χ1v) is 5.73. The van der Waals surface area contributed by atoms with Crippen molar-refractivity contribution in [2.24, 2.45) is 0 Å². The Morgan fingerprint density at radius 1 is 1.53 bits per heavy atom. The molecule has 0 aromatic carbocycles. The summed E-state index contributed by atoms with van der Waals surface area (Å²) in [6.07, 6.45) is 0.0659. The second-order valence-electron chi connectivity index (χ2n) is 4.40. The number of amides is 1. The van der Waals surface area contributed by atoms with E-state index in [1.165, 1.54) is 0 Å². The maximum atomic E-state index is 12.3. The molecule has 17 heavy (non-hydrogen) atoms. The van der Waals surface area contributed by atoms with E-state index in [0.29, 0.717) is 24.7 Å². The molecule has 5 nitrogen and oxygen atoms in total. The Bertz CT molecular complexity index is 422. The SMILES string of the molecule is C[C@@H]1CN(C(=O)c2cccc(N)n2)[C@@H](C)CO1. The fraction of sp³-hybridized carbons (Fsp3) is 0.500. The Morgan fingerprint density at radius 2 is 2.29 bits per heavy atom. The predicted molar refractivity (Wildman–Crippen MR) is 64.6 cm³/mol. The first-order valence-electron chi connectivity index (χ1n) is 5.73. The number of anilines is 1. The largest absolute Gasteiger partial charge is 0.384 e. The van der Waals surface area contributed by atoms with E-state index in [1.807, 2.05) is 13.8 Å². The second kappa shape index (κ2) is 4.71. The molecule has 0 radical (unpaired) electrons. The van der Waals surface area contributed by atoms with Gasteiger partial charge in [-0.15, -0.1) is 0 Å². The second-order valence-corrected chi connectivity index (χ2v) is 4.40. The fourth-order valence-corrected chi connectivity index (χ4v) is 1.90. The van der Waals surface area contributed by atoms with E-state index in [9.17, 15) is 4.79 Å². The summed E-state index contributed by atoms with van der Waals surface area (Å²) in [6, 6.07) is 5.17. The lowest BCUT2D eigenvalue weighted by molar-refractivity contribution is -0.0388. The molecule has 0 bridgehead atoms. The standard InChI is InChI=1S/C12H17N3O2/c1-8-7-17-9(2)6-15(8)12(16)10-4-3-5-11(13)14-10/h3-5,8-9H,6-7H2,1-2H3,(H2,13,14)/t8-,9+/m0/s1. The Labute approximate surface area is 101 Å². The molecular formula is C12H17N3O2. The van der Waals surface area contributed by atoms with Gasteiger partial charge >= 0.3 is 0 Å². The highest BCUT2D eigenvalue weighted by Crippen LogP contribution is 2.15. The van der Waals surface area contributed by atoms with Gasteiger partial charge in [0.15, 0.2) is 0 Å². The molecule has 0 saturated carbocycles. The molecule has 0 unspecified atom stereocenters. The molecule has 1 saturated heterocycles. The molecular weight excluding hydrogens is 218 g/mol. The third-order valence-electron chi connectivity index (χ3n) is 2.86. The number of ether oxygens (including phenoxy) is 1. The van der Waals surface area contributed by atoms with Crippen LogP contribution in [0, 0.1) is 0 Å². The molecule has 2 heterocycles. The molecule has 92 valence electrons. The number of nitrogens with two attached hydrogens (primary N) is 1. The van der Waals surface area contributed by atoms with Crippen molar-refractivity contribution < 1.29 is 9.53 Å². The number of carbonyl (C=O) groups excluding carboxylic acids is 1. The van der Waals surface area contributed by atoms with Crippen molar-refractivity contribution in [1.82, 2.24) is 9.88 Å². The van der Waals surface area contributed by atoms with Gasteiger partial charge in [-0.25, -0.2) is 4.98 Å². The number of morpholine rings is 1.